The van der Waals surface area contributed by atoms with Crippen LogP contribution < -0.4 is 10.7 Å². The van der Waals surface area contributed by atoms with E-state index in [4.69, 9.17) is 0 Å². The first-order chi connectivity index (χ1) is 11.6. The van der Waals surface area contributed by atoms with Gasteiger partial charge in [0.25, 0.3) is 5.91 Å². The van der Waals surface area contributed by atoms with E-state index in [0.29, 0.717) is 11.3 Å². The van der Waals surface area contributed by atoms with Crippen molar-refractivity contribution in [3.8, 4) is 0 Å². The molecule has 2 N–H and O–H groups in total. The second kappa shape index (κ2) is 7.40. The Morgan fingerprint density at radius 2 is 1.71 bits per heavy atom. The van der Waals surface area contributed by atoms with Crippen molar-refractivity contribution in [2.45, 2.75) is 12.8 Å². The molecule has 0 aliphatic heterocycles. The number of amides is 2. The second-order valence-corrected chi connectivity index (χ2v) is 6.51. The van der Waals surface area contributed by atoms with Gasteiger partial charge in [-0.1, -0.05) is 28.1 Å². The Kier molecular flexibility index (Phi) is 5.05. The van der Waals surface area contributed by atoms with Crippen LogP contribution in [0.15, 0.2) is 58.1 Å². The average molecular weight is 386 g/mol. The van der Waals surface area contributed by atoms with Crippen LogP contribution in [0.4, 0.5) is 5.69 Å². The molecule has 2 amide bonds. The van der Waals surface area contributed by atoms with E-state index in [0.717, 1.165) is 22.9 Å². The fraction of sp³-hybridized carbons (Fsp3) is 0.167. The molecule has 0 spiro atoms. The summed E-state index contributed by atoms with van der Waals surface area (Å²) in [5, 5.41) is 6.78. The van der Waals surface area contributed by atoms with E-state index >= 15 is 0 Å². The summed E-state index contributed by atoms with van der Waals surface area (Å²) in [7, 11) is 0. The van der Waals surface area contributed by atoms with Gasteiger partial charge in [-0.3, -0.25) is 9.59 Å². The quantitative estimate of drug-likeness (QED) is 0.609. The minimum absolute atomic E-state index is 0.0475. The molecule has 2 aromatic carbocycles. The van der Waals surface area contributed by atoms with Gasteiger partial charge in [0.15, 0.2) is 0 Å². The Labute approximate surface area is 148 Å². The summed E-state index contributed by atoms with van der Waals surface area (Å²) in [5.74, 6) is -0.101. The molecule has 24 heavy (non-hydrogen) atoms. The molecule has 6 heteroatoms. The first-order valence-corrected chi connectivity index (χ1v) is 8.41. The topological polar surface area (TPSA) is 70.6 Å². The maximum atomic E-state index is 12.0. The minimum Gasteiger partial charge on any atom is -0.326 e. The molecular weight excluding hydrogens is 370 g/mol. The number of carbonyl (C=O) groups is 2. The van der Waals surface area contributed by atoms with Gasteiger partial charge >= 0.3 is 0 Å². The standard InChI is InChI=1S/C18H16BrN3O2/c19-15-7-1-12(2-8-15)11-20-22-18(24)14-5-9-16(10-6-14)21-17(23)13-3-4-13/h1-2,5-11,13H,3-4H2,(H,21,23)(H,22,24). The predicted molar refractivity (Wildman–Crippen MR) is 97.0 cm³/mol. The lowest BCUT2D eigenvalue weighted by atomic mass is 10.2. The summed E-state index contributed by atoms with van der Waals surface area (Å²) in [4.78, 5) is 23.7. The van der Waals surface area contributed by atoms with Gasteiger partial charge in [0.05, 0.1) is 6.21 Å². The number of nitrogens with one attached hydrogen (secondary N) is 2. The molecule has 1 saturated carbocycles. The van der Waals surface area contributed by atoms with Crippen molar-refractivity contribution in [1.82, 2.24) is 5.43 Å². The van der Waals surface area contributed by atoms with Crippen molar-refractivity contribution in [3.05, 3.63) is 64.1 Å². The smallest absolute Gasteiger partial charge is 0.271 e. The largest absolute Gasteiger partial charge is 0.326 e. The number of nitrogens with zero attached hydrogens (tertiary/aromatic N) is 1. The minimum atomic E-state index is -0.302. The molecule has 122 valence electrons. The third-order valence-electron chi connectivity index (χ3n) is 3.61. The maximum Gasteiger partial charge on any atom is 0.271 e. The summed E-state index contributed by atoms with van der Waals surface area (Å²) < 4.78 is 0.984. The summed E-state index contributed by atoms with van der Waals surface area (Å²) >= 11 is 3.36. The summed E-state index contributed by atoms with van der Waals surface area (Å²) in [5.41, 5.74) is 4.54. The highest BCUT2D eigenvalue weighted by Gasteiger charge is 2.29. The number of carbonyl (C=O) groups excluding carboxylic acids is 2. The van der Waals surface area contributed by atoms with Crippen LogP contribution in [0.1, 0.15) is 28.8 Å². The highest BCUT2D eigenvalue weighted by molar-refractivity contribution is 9.10. The number of hydrazone groups is 1. The first-order valence-electron chi connectivity index (χ1n) is 7.62. The summed E-state index contributed by atoms with van der Waals surface area (Å²) in [6, 6.07) is 14.3. The molecule has 0 heterocycles. The number of rotatable bonds is 5. The molecule has 0 aromatic heterocycles. The van der Waals surface area contributed by atoms with E-state index in [2.05, 4.69) is 31.8 Å². The van der Waals surface area contributed by atoms with Gasteiger partial charge in [-0.2, -0.15) is 5.10 Å². The van der Waals surface area contributed by atoms with Crippen molar-refractivity contribution >= 4 is 39.6 Å². The van der Waals surface area contributed by atoms with Crippen molar-refractivity contribution in [1.29, 1.82) is 0 Å². The van der Waals surface area contributed by atoms with Crippen LogP contribution in [0.25, 0.3) is 0 Å². The van der Waals surface area contributed by atoms with Crippen molar-refractivity contribution < 1.29 is 9.59 Å². The average Bonchev–Trinajstić information content (AvgIpc) is 3.42. The van der Waals surface area contributed by atoms with Gasteiger partial charge in [0.1, 0.15) is 0 Å². The molecule has 0 radical (unpaired) electrons. The molecule has 1 aliphatic rings. The lowest BCUT2D eigenvalue weighted by Gasteiger charge is -2.05. The molecule has 0 atom stereocenters. The number of anilines is 1. The maximum absolute atomic E-state index is 12.0. The Morgan fingerprint density at radius 3 is 2.33 bits per heavy atom. The SMILES string of the molecule is O=C(NN=Cc1ccc(Br)cc1)c1ccc(NC(=O)C2CC2)cc1. The fourth-order valence-corrected chi connectivity index (χ4v) is 2.34. The molecule has 0 bridgehead atoms. The predicted octanol–water partition coefficient (Wildman–Crippen LogP) is 3.56. The normalized spacial score (nSPS) is 13.7. The highest BCUT2D eigenvalue weighted by atomic mass is 79.9. The van der Waals surface area contributed by atoms with Crippen LogP contribution in [0.3, 0.4) is 0 Å². The molecule has 2 aromatic rings. The molecule has 3 rings (SSSR count). The summed E-state index contributed by atoms with van der Waals surface area (Å²) in [6.07, 6.45) is 3.50. The number of hydrogen-bond acceptors (Lipinski definition) is 3. The fourth-order valence-electron chi connectivity index (χ4n) is 2.07. The second-order valence-electron chi connectivity index (χ2n) is 5.59. The van der Waals surface area contributed by atoms with Gasteiger partial charge in [-0.15, -0.1) is 0 Å². The van der Waals surface area contributed by atoms with Crippen LogP contribution in [0, 0.1) is 5.92 Å². The molecule has 0 saturated heterocycles. The van der Waals surface area contributed by atoms with E-state index in [-0.39, 0.29) is 17.7 Å². The Hall–Kier alpha value is -2.47. The molecule has 1 aliphatic carbocycles. The lowest BCUT2D eigenvalue weighted by Crippen LogP contribution is -2.18. The van der Waals surface area contributed by atoms with E-state index in [9.17, 15) is 9.59 Å². The number of benzene rings is 2. The monoisotopic (exact) mass is 385 g/mol. The third kappa shape index (κ3) is 4.52. The Morgan fingerprint density at radius 1 is 1.04 bits per heavy atom. The van der Waals surface area contributed by atoms with Crippen molar-refractivity contribution in [3.63, 3.8) is 0 Å². The van der Waals surface area contributed by atoms with E-state index in [1.54, 1.807) is 30.5 Å². The first kappa shape index (κ1) is 16.4. The van der Waals surface area contributed by atoms with Crippen LogP contribution >= 0.6 is 15.9 Å². The van der Waals surface area contributed by atoms with Crippen LogP contribution in [-0.2, 0) is 4.79 Å². The zero-order valence-electron chi connectivity index (χ0n) is 12.8. The van der Waals surface area contributed by atoms with Gasteiger partial charge in [-0.25, -0.2) is 5.43 Å². The van der Waals surface area contributed by atoms with E-state index in [1.165, 1.54) is 0 Å². The molecule has 5 nitrogen and oxygen atoms in total. The molecule has 0 unspecified atom stereocenters. The zero-order chi connectivity index (χ0) is 16.9. The lowest BCUT2D eigenvalue weighted by molar-refractivity contribution is -0.117. The van der Waals surface area contributed by atoms with Gasteiger partial charge < -0.3 is 5.32 Å². The Balaban J connectivity index is 1.54. The van der Waals surface area contributed by atoms with Gasteiger partial charge in [0.2, 0.25) is 5.91 Å². The van der Waals surface area contributed by atoms with E-state index < -0.39 is 0 Å². The molecule has 1 fully saturated rings. The van der Waals surface area contributed by atoms with Crippen LogP contribution in [-0.4, -0.2) is 18.0 Å². The number of hydrogen-bond donors (Lipinski definition) is 2. The van der Waals surface area contributed by atoms with Crippen molar-refractivity contribution in [2.24, 2.45) is 11.0 Å². The third-order valence-corrected chi connectivity index (χ3v) is 4.14. The summed E-state index contributed by atoms with van der Waals surface area (Å²) in [6.45, 7) is 0. The zero-order valence-corrected chi connectivity index (χ0v) is 14.4. The molecular formula is C18H16BrN3O2. The van der Waals surface area contributed by atoms with Gasteiger partial charge in [-0.05, 0) is 54.8 Å². The van der Waals surface area contributed by atoms with E-state index in [1.807, 2.05) is 24.3 Å². The van der Waals surface area contributed by atoms with Gasteiger partial charge in [0, 0.05) is 21.6 Å². The van der Waals surface area contributed by atoms with Crippen LogP contribution in [0.2, 0.25) is 0 Å². The highest BCUT2D eigenvalue weighted by Crippen LogP contribution is 2.30. The number of halogens is 1. The van der Waals surface area contributed by atoms with Crippen LogP contribution in [0.5, 0.6) is 0 Å². The van der Waals surface area contributed by atoms with Crippen molar-refractivity contribution in [2.75, 3.05) is 5.32 Å². The Bertz CT molecular complexity index is 766.